The van der Waals surface area contributed by atoms with Crippen LogP contribution in [0.25, 0.3) is 22.0 Å². The van der Waals surface area contributed by atoms with Crippen molar-refractivity contribution in [3.8, 4) is 11.3 Å². The van der Waals surface area contributed by atoms with Crippen molar-refractivity contribution in [1.82, 2.24) is 10.00 Å². The van der Waals surface area contributed by atoms with E-state index >= 15 is 0 Å². The highest BCUT2D eigenvalue weighted by Gasteiger charge is 2.21. The molecule has 162 valence electrons. The molecule has 0 aliphatic carbocycles. The first-order valence-corrected chi connectivity index (χ1v) is 10.9. The molecule has 0 unspecified atom stereocenters. The smallest absolute Gasteiger partial charge is 0.303 e. The van der Waals surface area contributed by atoms with Gasteiger partial charge in [-0.1, -0.05) is 53.6 Å². The van der Waals surface area contributed by atoms with Crippen molar-refractivity contribution in [2.45, 2.75) is 19.4 Å². The summed E-state index contributed by atoms with van der Waals surface area (Å²) in [6.07, 6.45) is 0.646. The van der Waals surface area contributed by atoms with Gasteiger partial charge in [-0.3, -0.25) is 15.0 Å². The Morgan fingerprint density at radius 2 is 1.77 bits per heavy atom. The number of aromatic nitrogens is 2. The van der Waals surface area contributed by atoms with Crippen LogP contribution in [0.1, 0.15) is 12.8 Å². The zero-order valence-corrected chi connectivity index (χ0v) is 17.7. The summed E-state index contributed by atoms with van der Waals surface area (Å²) in [5.74, 6) is 0.153. The summed E-state index contributed by atoms with van der Waals surface area (Å²) in [5.41, 5.74) is 1.95. The Morgan fingerprint density at radius 3 is 2.52 bits per heavy atom. The molecular weight excluding hydrogens is 392 g/mol. The van der Waals surface area contributed by atoms with Crippen molar-refractivity contribution >= 4 is 22.6 Å². The molecule has 2 N–H and O–H groups in total. The number of nitrogens with one attached hydrogen (secondary N) is 1. The van der Waals surface area contributed by atoms with E-state index < -0.39 is 5.97 Å². The fourth-order valence-electron chi connectivity index (χ4n) is 3.95. The van der Waals surface area contributed by atoms with E-state index in [1.54, 1.807) is 0 Å². The number of benzene rings is 2. The lowest BCUT2D eigenvalue weighted by atomic mass is 10.0. The Balaban J connectivity index is 1.66. The van der Waals surface area contributed by atoms with Crippen molar-refractivity contribution < 1.29 is 19.3 Å². The van der Waals surface area contributed by atoms with E-state index in [-0.39, 0.29) is 6.42 Å². The molecule has 2 heterocycles. The van der Waals surface area contributed by atoms with E-state index in [0.717, 1.165) is 67.2 Å². The van der Waals surface area contributed by atoms with Crippen LogP contribution in [0.15, 0.2) is 54.6 Å². The number of anilines is 1. The Kier molecular flexibility index (Phi) is 7.07. The zero-order valence-electron chi connectivity index (χ0n) is 17.7. The van der Waals surface area contributed by atoms with Gasteiger partial charge >= 0.3 is 11.8 Å². The molecule has 0 saturated carbocycles. The quantitative estimate of drug-likeness (QED) is 0.518. The lowest BCUT2D eigenvalue weighted by molar-refractivity contribution is -0.739. The van der Waals surface area contributed by atoms with Gasteiger partial charge in [-0.25, -0.2) is 0 Å². The molecule has 0 amide bonds. The monoisotopic (exact) mass is 421 g/mol. The highest BCUT2D eigenvalue weighted by molar-refractivity contribution is 5.98. The van der Waals surface area contributed by atoms with Gasteiger partial charge in [0, 0.05) is 37.0 Å². The van der Waals surface area contributed by atoms with Gasteiger partial charge in [0.25, 0.3) is 0 Å². The second-order valence-corrected chi connectivity index (χ2v) is 7.71. The zero-order chi connectivity index (χ0) is 21.5. The largest absolute Gasteiger partial charge is 0.481 e. The predicted molar refractivity (Wildman–Crippen MR) is 120 cm³/mol. The number of carbonyl (C=O) groups is 1. The number of rotatable bonds is 9. The molecule has 3 aromatic rings. The molecule has 1 fully saturated rings. The van der Waals surface area contributed by atoms with E-state index in [1.807, 2.05) is 35.0 Å². The maximum atomic E-state index is 11.1. The Bertz CT molecular complexity index is 1020. The first kappa shape index (κ1) is 21.2. The minimum atomic E-state index is -0.786. The van der Waals surface area contributed by atoms with E-state index in [1.165, 1.54) is 0 Å². The first-order chi connectivity index (χ1) is 15.2. The number of carboxylic acid groups (broad SMARTS) is 1. The maximum Gasteiger partial charge on any atom is 0.303 e. The number of hydrogen-bond donors (Lipinski definition) is 2. The third kappa shape index (κ3) is 5.37. The minimum absolute atomic E-state index is 0.120. The molecule has 1 aliphatic rings. The number of fused-ring (bicyclic) bond motifs is 1. The van der Waals surface area contributed by atoms with Gasteiger partial charge in [0.05, 0.1) is 25.1 Å². The molecule has 0 spiro atoms. The topological polar surface area (TPSA) is 78.6 Å². The number of nitrogens with zero attached hydrogens (tertiary/aromatic N) is 3. The second-order valence-electron chi connectivity index (χ2n) is 7.71. The molecule has 0 atom stereocenters. The van der Waals surface area contributed by atoms with E-state index in [4.69, 9.17) is 14.9 Å². The summed E-state index contributed by atoms with van der Waals surface area (Å²) in [4.78, 5) is 13.4. The van der Waals surface area contributed by atoms with Crippen LogP contribution in [0.5, 0.6) is 0 Å². The van der Waals surface area contributed by atoms with E-state index in [2.05, 4.69) is 34.5 Å². The molecule has 1 saturated heterocycles. The van der Waals surface area contributed by atoms with Crippen LogP contribution < -0.4 is 10.00 Å². The van der Waals surface area contributed by atoms with Crippen LogP contribution >= 0.6 is 0 Å². The summed E-state index contributed by atoms with van der Waals surface area (Å²) in [5, 5.41) is 19.8. The summed E-state index contributed by atoms with van der Waals surface area (Å²) in [7, 11) is 0. The second kappa shape index (κ2) is 10.3. The van der Waals surface area contributed by atoms with Crippen molar-refractivity contribution in [2.75, 3.05) is 44.7 Å². The summed E-state index contributed by atoms with van der Waals surface area (Å²) >= 11 is 0. The van der Waals surface area contributed by atoms with Crippen LogP contribution in [-0.4, -0.2) is 60.5 Å². The standard InChI is InChI=1S/C24H28N4O3/c29-22(30)11-6-13-28-24(25-12-14-27-15-17-31-18-16-27)21-10-5-4-9-20(21)23(26-28)19-7-2-1-3-8-19/h1-5,7-10H,6,11-18H2,(H,29,30)/p+1. The average Bonchev–Trinajstić information content (AvgIpc) is 2.81. The number of morpholine rings is 1. The lowest BCUT2D eigenvalue weighted by Crippen LogP contribution is -2.44. The number of aliphatic carboxylic acids is 1. The van der Waals surface area contributed by atoms with E-state index in [0.29, 0.717) is 13.0 Å². The van der Waals surface area contributed by atoms with Gasteiger partial charge in [0.15, 0.2) is 0 Å². The molecule has 2 aromatic carbocycles. The van der Waals surface area contributed by atoms with Crippen molar-refractivity contribution in [3.63, 3.8) is 0 Å². The lowest BCUT2D eigenvalue weighted by Gasteiger charge is -2.25. The highest BCUT2D eigenvalue weighted by Crippen LogP contribution is 2.28. The molecule has 7 nitrogen and oxygen atoms in total. The molecule has 1 aromatic heterocycles. The molecule has 0 radical (unpaired) electrons. The molecule has 31 heavy (non-hydrogen) atoms. The van der Waals surface area contributed by atoms with Crippen LogP contribution in [0.2, 0.25) is 0 Å². The highest BCUT2D eigenvalue weighted by atomic mass is 16.5. The van der Waals surface area contributed by atoms with Crippen LogP contribution in [0.4, 0.5) is 5.82 Å². The van der Waals surface area contributed by atoms with Crippen LogP contribution in [0.3, 0.4) is 0 Å². The van der Waals surface area contributed by atoms with Gasteiger partial charge in [-0.2, -0.15) is 0 Å². The number of hydrogen-bond acceptors (Lipinski definition) is 5. The Morgan fingerprint density at radius 1 is 1.06 bits per heavy atom. The van der Waals surface area contributed by atoms with Crippen molar-refractivity contribution in [2.24, 2.45) is 0 Å². The number of aryl methyl sites for hydroxylation is 1. The molecular formula is C24H29N4O3+. The number of ether oxygens (including phenoxy) is 1. The fraction of sp³-hybridized carbons (Fsp3) is 0.375. The van der Waals surface area contributed by atoms with E-state index in [9.17, 15) is 4.79 Å². The van der Waals surface area contributed by atoms with Crippen LogP contribution in [-0.2, 0) is 16.1 Å². The Hall–Kier alpha value is -3.03. The van der Waals surface area contributed by atoms with Gasteiger partial charge in [-0.05, 0) is 12.5 Å². The molecule has 0 bridgehead atoms. The molecule has 7 heteroatoms. The normalized spacial score (nSPS) is 14.6. The van der Waals surface area contributed by atoms with Gasteiger partial charge < -0.3 is 9.84 Å². The van der Waals surface area contributed by atoms with Crippen molar-refractivity contribution in [1.29, 1.82) is 0 Å². The third-order valence-corrected chi connectivity index (χ3v) is 5.55. The average molecular weight is 422 g/mol. The van der Waals surface area contributed by atoms with Crippen LogP contribution in [0, 0.1) is 0 Å². The minimum Gasteiger partial charge on any atom is -0.481 e. The Labute approximate surface area is 182 Å². The van der Waals surface area contributed by atoms with Gasteiger partial charge in [0.1, 0.15) is 12.2 Å². The molecule has 1 aliphatic heterocycles. The first-order valence-electron chi connectivity index (χ1n) is 10.9. The third-order valence-electron chi connectivity index (χ3n) is 5.55. The van der Waals surface area contributed by atoms with Gasteiger partial charge in [0.2, 0.25) is 0 Å². The predicted octanol–water partition coefficient (Wildman–Crippen LogP) is 2.80. The number of carboxylic acids is 1. The van der Waals surface area contributed by atoms with Crippen molar-refractivity contribution in [3.05, 3.63) is 54.6 Å². The fourth-order valence-corrected chi connectivity index (χ4v) is 3.95. The maximum absolute atomic E-state index is 11.1. The SMILES string of the molecule is O=C(O)CCC[n+]1nc(-c2ccccc2)c2ccccc2c1NCCN1CCOCC1. The summed E-state index contributed by atoms with van der Waals surface area (Å²) in [6, 6.07) is 18.4. The van der Waals surface area contributed by atoms with Gasteiger partial charge in [-0.15, -0.1) is 4.68 Å². The summed E-state index contributed by atoms with van der Waals surface area (Å²) < 4.78 is 7.37. The summed E-state index contributed by atoms with van der Waals surface area (Å²) in [6.45, 7) is 5.72. The molecule has 4 rings (SSSR count).